The van der Waals surface area contributed by atoms with Gasteiger partial charge in [0.1, 0.15) is 6.10 Å². The zero-order valence-electron chi connectivity index (χ0n) is 14.7. The predicted molar refractivity (Wildman–Crippen MR) is 89.4 cm³/mol. The second-order valence-electron chi connectivity index (χ2n) is 9.65. The van der Waals surface area contributed by atoms with Gasteiger partial charge in [-0.15, -0.1) is 0 Å². The molecule has 0 aromatic carbocycles. The summed E-state index contributed by atoms with van der Waals surface area (Å²) in [6.07, 6.45) is 5.64. The molecule has 0 spiro atoms. The van der Waals surface area contributed by atoms with E-state index in [4.69, 9.17) is 4.74 Å². The molecular formula is C21H30O2. The maximum absolute atomic E-state index is 12.0. The van der Waals surface area contributed by atoms with Gasteiger partial charge in [0.05, 0.1) is 0 Å². The van der Waals surface area contributed by atoms with Gasteiger partial charge < -0.3 is 4.74 Å². The first-order chi connectivity index (χ1) is 11.0. The number of fused-ring (bicyclic) bond motifs is 12. The summed E-state index contributed by atoms with van der Waals surface area (Å²) in [5.74, 6) is 8.97. The molecule has 5 aliphatic carbocycles. The van der Waals surface area contributed by atoms with E-state index < -0.39 is 0 Å². The summed E-state index contributed by atoms with van der Waals surface area (Å²) >= 11 is 0. The van der Waals surface area contributed by atoms with Gasteiger partial charge in [0.25, 0.3) is 0 Å². The summed E-state index contributed by atoms with van der Waals surface area (Å²) in [5, 5.41) is 0. The van der Waals surface area contributed by atoms with Crippen molar-refractivity contribution in [1.82, 2.24) is 0 Å². The average molecular weight is 314 g/mol. The predicted octanol–water partition coefficient (Wildman–Crippen LogP) is 4.30. The van der Waals surface area contributed by atoms with Crippen molar-refractivity contribution in [3.8, 4) is 0 Å². The summed E-state index contributed by atoms with van der Waals surface area (Å²) in [4.78, 5) is 12.0. The van der Waals surface area contributed by atoms with E-state index >= 15 is 0 Å². The Kier molecular flexibility index (Phi) is 2.93. The van der Waals surface area contributed by atoms with Gasteiger partial charge >= 0.3 is 5.97 Å². The van der Waals surface area contributed by atoms with E-state index in [1.807, 2.05) is 0 Å². The highest BCUT2D eigenvalue weighted by atomic mass is 16.5. The van der Waals surface area contributed by atoms with Crippen LogP contribution in [0.3, 0.4) is 0 Å². The minimum absolute atomic E-state index is 0.164. The molecule has 4 bridgehead atoms. The molecule has 0 N–H and O–H groups in total. The molecule has 0 amide bonds. The molecule has 5 aliphatic rings. The van der Waals surface area contributed by atoms with Crippen LogP contribution in [0, 0.1) is 59.2 Å². The van der Waals surface area contributed by atoms with Crippen LogP contribution >= 0.6 is 0 Å². The highest BCUT2D eigenvalue weighted by molar-refractivity contribution is 5.87. The maximum atomic E-state index is 12.0. The van der Waals surface area contributed by atoms with Gasteiger partial charge in [0, 0.05) is 5.57 Å². The van der Waals surface area contributed by atoms with Crippen LogP contribution < -0.4 is 0 Å². The van der Waals surface area contributed by atoms with E-state index in [-0.39, 0.29) is 12.1 Å². The molecule has 5 rings (SSSR count). The molecule has 5 saturated carbocycles. The molecule has 0 aromatic rings. The van der Waals surface area contributed by atoms with Gasteiger partial charge in [-0.2, -0.15) is 0 Å². The Labute approximate surface area is 140 Å². The third-order valence-electron chi connectivity index (χ3n) is 8.90. The number of ether oxygens (including phenoxy) is 1. The lowest BCUT2D eigenvalue weighted by Gasteiger charge is -2.44. The number of esters is 1. The van der Waals surface area contributed by atoms with E-state index in [2.05, 4.69) is 20.4 Å². The van der Waals surface area contributed by atoms with Gasteiger partial charge in [-0.25, -0.2) is 4.79 Å². The monoisotopic (exact) mass is 314 g/mol. The molecule has 0 radical (unpaired) electrons. The van der Waals surface area contributed by atoms with E-state index in [1.165, 1.54) is 19.3 Å². The van der Waals surface area contributed by atoms with Crippen molar-refractivity contribution < 1.29 is 9.53 Å². The van der Waals surface area contributed by atoms with Crippen molar-refractivity contribution in [2.75, 3.05) is 0 Å². The van der Waals surface area contributed by atoms with Crippen molar-refractivity contribution in [2.24, 2.45) is 59.2 Å². The molecule has 11 unspecified atom stereocenters. The molecule has 2 nitrogen and oxygen atoms in total. The van der Waals surface area contributed by atoms with E-state index in [0.717, 1.165) is 59.7 Å². The first kappa shape index (κ1) is 14.5. The summed E-state index contributed by atoms with van der Waals surface area (Å²) in [6, 6.07) is 0. The SMILES string of the molecule is C=C(C)C(=O)OC1CC2CC1C1C3CC(C4CC(C)C(C)C43)C21. The van der Waals surface area contributed by atoms with Crippen molar-refractivity contribution >= 4 is 5.97 Å². The van der Waals surface area contributed by atoms with Crippen LogP contribution in [0.15, 0.2) is 12.2 Å². The van der Waals surface area contributed by atoms with Gasteiger partial charge in [0.2, 0.25) is 0 Å². The lowest BCUT2D eigenvalue weighted by Crippen LogP contribution is -2.42. The van der Waals surface area contributed by atoms with Crippen LogP contribution in [0.25, 0.3) is 0 Å². The third-order valence-corrected chi connectivity index (χ3v) is 8.90. The van der Waals surface area contributed by atoms with Crippen LogP contribution in [0.4, 0.5) is 0 Å². The first-order valence-corrected chi connectivity index (χ1v) is 9.83. The Balaban J connectivity index is 1.39. The zero-order valence-corrected chi connectivity index (χ0v) is 14.7. The molecule has 11 atom stereocenters. The molecule has 2 heteroatoms. The van der Waals surface area contributed by atoms with Crippen LogP contribution in [0.1, 0.15) is 46.5 Å². The van der Waals surface area contributed by atoms with Crippen LogP contribution in [-0.2, 0) is 9.53 Å². The Hall–Kier alpha value is -0.790. The summed E-state index contributed by atoms with van der Waals surface area (Å²) < 4.78 is 5.84. The molecule has 0 heterocycles. The minimum Gasteiger partial charge on any atom is -0.459 e. The Morgan fingerprint density at radius 2 is 1.65 bits per heavy atom. The van der Waals surface area contributed by atoms with Gasteiger partial charge in [0.15, 0.2) is 0 Å². The Morgan fingerprint density at radius 3 is 2.39 bits per heavy atom. The molecular weight excluding hydrogens is 284 g/mol. The van der Waals surface area contributed by atoms with Gasteiger partial charge in [-0.05, 0) is 91.8 Å². The van der Waals surface area contributed by atoms with Gasteiger partial charge in [-0.3, -0.25) is 0 Å². The van der Waals surface area contributed by atoms with Crippen LogP contribution in [0.5, 0.6) is 0 Å². The molecule has 23 heavy (non-hydrogen) atoms. The van der Waals surface area contributed by atoms with E-state index in [1.54, 1.807) is 6.92 Å². The number of rotatable bonds is 2. The van der Waals surface area contributed by atoms with E-state index in [9.17, 15) is 4.79 Å². The second kappa shape index (κ2) is 4.64. The van der Waals surface area contributed by atoms with Gasteiger partial charge in [-0.1, -0.05) is 20.4 Å². The lowest BCUT2D eigenvalue weighted by atomic mass is 9.62. The van der Waals surface area contributed by atoms with Crippen LogP contribution in [0.2, 0.25) is 0 Å². The molecule has 0 aromatic heterocycles. The largest absolute Gasteiger partial charge is 0.459 e. The highest BCUT2D eigenvalue weighted by Gasteiger charge is 2.69. The fraction of sp³-hybridized carbons (Fsp3) is 0.857. The molecule has 126 valence electrons. The number of carbonyl (C=O) groups excluding carboxylic acids is 1. The average Bonchev–Trinajstić information content (AvgIpc) is 3.24. The smallest absolute Gasteiger partial charge is 0.333 e. The number of hydrogen-bond acceptors (Lipinski definition) is 2. The van der Waals surface area contributed by atoms with Crippen molar-refractivity contribution in [2.45, 2.75) is 52.6 Å². The van der Waals surface area contributed by atoms with Crippen molar-refractivity contribution in [3.05, 3.63) is 12.2 Å². The summed E-state index contributed by atoms with van der Waals surface area (Å²) in [5.41, 5.74) is 0.551. The first-order valence-electron chi connectivity index (χ1n) is 9.83. The highest BCUT2D eigenvalue weighted by Crippen LogP contribution is 2.74. The Morgan fingerprint density at radius 1 is 0.913 bits per heavy atom. The number of carbonyl (C=O) groups is 1. The summed E-state index contributed by atoms with van der Waals surface area (Å²) in [7, 11) is 0. The van der Waals surface area contributed by atoms with Crippen molar-refractivity contribution in [1.29, 1.82) is 0 Å². The quantitative estimate of drug-likeness (QED) is 0.431. The zero-order chi connectivity index (χ0) is 16.0. The third kappa shape index (κ3) is 1.73. The van der Waals surface area contributed by atoms with Crippen molar-refractivity contribution in [3.63, 3.8) is 0 Å². The number of hydrogen-bond donors (Lipinski definition) is 0. The fourth-order valence-electron chi connectivity index (χ4n) is 8.24. The normalized spacial score (nSPS) is 58.3. The molecule has 0 aliphatic heterocycles. The lowest BCUT2D eigenvalue weighted by molar-refractivity contribution is -0.149. The topological polar surface area (TPSA) is 26.3 Å². The Bertz CT molecular complexity index is 566. The standard InChI is InChI=1S/C21H30O2/c1-9(2)21(22)23-17-7-12-6-15(17)20-16-8-14(19(12)20)13-5-10(3)11(4)18(13)16/h10-20H,1,5-8H2,2-4H3. The fourth-order valence-corrected chi connectivity index (χ4v) is 8.24. The molecule has 5 fully saturated rings. The summed E-state index contributed by atoms with van der Waals surface area (Å²) in [6.45, 7) is 10.5. The van der Waals surface area contributed by atoms with Crippen LogP contribution in [-0.4, -0.2) is 12.1 Å². The maximum Gasteiger partial charge on any atom is 0.333 e. The molecule has 0 saturated heterocycles. The second-order valence-corrected chi connectivity index (χ2v) is 9.65. The van der Waals surface area contributed by atoms with E-state index in [0.29, 0.717) is 11.5 Å². The minimum atomic E-state index is -0.164.